The van der Waals surface area contributed by atoms with E-state index in [0.29, 0.717) is 49.5 Å². The highest BCUT2D eigenvalue weighted by Crippen LogP contribution is 2.46. The van der Waals surface area contributed by atoms with Crippen molar-refractivity contribution in [3.05, 3.63) is 70.2 Å². The first-order chi connectivity index (χ1) is 26.6. The number of halogens is 1. The Kier molecular flexibility index (Phi) is 10.8. The van der Waals surface area contributed by atoms with Crippen LogP contribution in [-0.4, -0.2) is 100 Å². The van der Waals surface area contributed by atoms with Crippen molar-refractivity contribution in [3.8, 4) is 0 Å². The lowest BCUT2D eigenvalue weighted by atomic mass is 9.74. The lowest BCUT2D eigenvalue weighted by molar-refractivity contribution is -0.144. The minimum atomic E-state index is -1.09. The van der Waals surface area contributed by atoms with Crippen LogP contribution in [0.25, 0.3) is 0 Å². The first kappa shape index (κ1) is 39.5. The topological polar surface area (TPSA) is 167 Å². The SMILES string of the molecule is CCC[C@H](NC(=O)[C@@H]1C[C@]2(CC(c3cccc(Cl)c3)=NO2)CN1C(=O)[C@@H](NC(=O)N1CCC2(CC1)CC(=O)c1ccccc12)C(C)(C)C)C(=O)C(=O)NC1CC1. The van der Waals surface area contributed by atoms with Gasteiger partial charge in [-0.1, -0.05) is 87.3 Å². The second-order valence-corrected chi connectivity index (χ2v) is 17.7. The van der Waals surface area contributed by atoms with Gasteiger partial charge in [0.25, 0.3) is 5.91 Å². The maximum Gasteiger partial charge on any atom is 0.318 e. The Bertz CT molecular complexity index is 1970. The van der Waals surface area contributed by atoms with Crippen molar-refractivity contribution in [2.75, 3.05) is 19.6 Å². The molecule has 2 aromatic carbocycles. The number of likely N-dealkylation sites (tertiary alicyclic amines) is 2. The summed E-state index contributed by atoms with van der Waals surface area (Å²) >= 11 is 6.28. The van der Waals surface area contributed by atoms with Gasteiger partial charge in [0.15, 0.2) is 11.4 Å². The van der Waals surface area contributed by atoms with Crippen molar-refractivity contribution in [1.29, 1.82) is 0 Å². The highest BCUT2D eigenvalue weighted by atomic mass is 35.5. The number of benzene rings is 2. The van der Waals surface area contributed by atoms with Crippen molar-refractivity contribution in [2.45, 2.75) is 121 Å². The summed E-state index contributed by atoms with van der Waals surface area (Å²) in [5.74, 6) is -2.40. The number of oxime groups is 1. The van der Waals surface area contributed by atoms with E-state index in [0.717, 1.165) is 29.5 Å². The molecule has 5 aliphatic rings. The van der Waals surface area contributed by atoms with E-state index < -0.39 is 58.7 Å². The molecule has 7 rings (SSSR count). The monoisotopic (exact) mass is 786 g/mol. The number of rotatable bonds is 10. The van der Waals surface area contributed by atoms with Gasteiger partial charge in [0, 0.05) is 60.0 Å². The summed E-state index contributed by atoms with van der Waals surface area (Å²) in [5.41, 5.74) is 1.02. The number of fused-ring (bicyclic) bond motifs is 2. The Hall–Kier alpha value is -4.78. The van der Waals surface area contributed by atoms with E-state index in [-0.39, 0.29) is 43.0 Å². The highest BCUT2D eigenvalue weighted by Gasteiger charge is 2.56. The van der Waals surface area contributed by atoms with E-state index in [1.165, 1.54) is 4.90 Å². The van der Waals surface area contributed by atoms with Crippen molar-refractivity contribution in [2.24, 2.45) is 10.6 Å². The summed E-state index contributed by atoms with van der Waals surface area (Å²) in [4.78, 5) is 91.3. The fraction of sp³-hybridized carbons (Fsp3) is 0.548. The van der Waals surface area contributed by atoms with Gasteiger partial charge in [-0.15, -0.1) is 0 Å². The lowest BCUT2D eigenvalue weighted by Crippen LogP contribution is -2.61. The third-order valence-electron chi connectivity index (χ3n) is 12.0. The number of hydrogen-bond acceptors (Lipinski definition) is 8. The molecule has 3 heterocycles. The number of hydrogen-bond donors (Lipinski definition) is 3. The van der Waals surface area contributed by atoms with Crippen LogP contribution in [0, 0.1) is 5.41 Å². The molecule has 13 nitrogen and oxygen atoms in total. The maximum atomic E-state index is 14.9. The number of amides is 5. The van der Waals surface area contributed by atoms with Gasteiger partial charge in [-0.05, 0) is 55.2 Å². The maximum absolute atomic E-state index is 14.9. The zero-order chi connectivity index (χ0) is 40.0. The number of urea groups is 1. The number of nitrogens with one attached hydrogen (secondary N) is 3. The summed E-state index contributed by atoms with van der Waals surface area (Å²) < 4.78 is 0. The summed E-state index contributed by atoms with van der Waals surface area (Å²) in [6.45, 7) is 8.23. The predicted octanol–water partition coefficient (Wildman–Crippen LogP) is 4.68. The number of Topliss-reactive ketones (excluding diaryl/α,β-unsaturated/α-hetero) is 2. The third-order valence-corrected chi connectivity index (χ3v) is 12.3. The number of nitrogens with zero attached hydrogens (tertiary/aromatic N) is 3. The normalized spacial score (nSPS) is 23.6. The van der Waals surface area contributed by atoms with Gasteiger partial charge < -0.3 is 30.6 Å². The molecule has 2 aliphatic carbocycles. The minimum absolute atomic E-state index is 0.00579. The smallest absolute Gasteiger partial charge is 0.318 e. The van der Waals surface area contributed by atoms with Crippen LogP contribution in [0.2, 0.25) is 5.02 Å². The fourth-order valence-corrected chi connectivity index (χ4v) is 8.91. The number of ketones is 2. The Morgan fingerprint density at radius 2 is 1.73 bits per heavy atom. The van der Waals surface area contributed by atoms with E-state index in [4.69, 9.17) is 16.4 Å². The van der Waals surface area contributed by atoms with Crippen LogP contribution in [0.1, 0.15) is 107 Å². The zero-order valence-electron chi connectivity index (χ0n) is 32.5. The molecule has 298 valence electrons. The molecule has 0 radical (unpaired) electrons. The second-order valence-electron chi connectivity index (χ2n) is 17.3. The van der Waals surface area contributed by atoms with E-state index in [2.05, 4.69) is 21.1 Å². The van der Waals surface area contributed by atoms with Crippen LogP contribution < -0.4 is 16.0 Å². The van der Waals surface area contributed by atoms with Gasteiger partial charge in [-0.2, -0.15) is 0 Å². The van der Waals surface area contributed by atoms with Gasteiger partial charge in [0.1, 0.15) is 12.1 Å². The fourth-order valence-electron chi connectivity index (χ4n) is 8.72. The number of piperidine rings is 1. The molecule has 5 amide bonds. The Balaban J connectivity index is 1.10. The van der Waals surface area contributed by atoms with E-state index >= 15 is 0 Å². The average Bonchev–Trinajstić information content (AvgIpc) is 3.66. The molecule has 0 unspecified atom stereocenters. The molecule has 2 spiro atoms. The Morgan fingerprint density at radius 1 is 1.00 bits per heavy atom. The van der Waals surface area contributed by atoms with Crippen LogP contribution >= 0.6 is 11.6 Å². The minimum Gasteiger partial charge on any atom is -0.387 e. The van der Waals surface area contributed by atoms with Gasteiger partial charge in [-0.25, -0.2) is 4.79 Å². The number of carbonyl (C=O) groups excluding carboxylic acids is 6. The van der Waals surface area contributed by atoms with Crippen molar-refractivity contribution < 1.29 is 33.6 Å². The highest BCUT2D eigenvalue weighted by molar-refractivity contribution is 6.38. The average molecular weight is 787 g/mol. The summed E-state index contributed by atoms with van der Waals surface area (Å²) in [5, 5.41) is 13.4. The molecule has 3 fully saturated rings. The van der Waals surface area contributed by atoms with Crippen molar-refractivity contribution >= 4 is 52.6 Å². The third kappa shape index (κ3) is 7.92. The molecule has 0 aromatic heterocycles. The van der Waals surface area contributed by atoms with Crippen LogP contribution in [-0.2, 0) is 29.4 Å². The van der Waals surface area contributed by atoms with Gasteiger partial charge in [0.2, 0.25) is 17.6 Å². The first-order valence-corrected chi connectivity index (χ1v) is 20.1. The molecular weight excluding hydrogens is 736 g/mol. The second kappa shape index (κ2) is 15.3. The Labute approximate surface area is 332 Å². The first-order valence-electron chi connectivity index (χ1n) is 19.8. The lowest BCUT2D eigenvalue weighted by Gasteiger charge is -2.41. The summed E-state index contributed by atoms with van der Waals surface area (Å²) in [6, 6.07) is 11.3. The van der Waals surface area contributed by atoms with Crippen LogP contribution in [0.3, 0.4) is 0 Å². The van der Waals surface area contributed by atoms with E-state index in [9.17, 15) is 28.8 Å². The molecule has 3 aliphatic heterocycles. The number of carbonyl (C=O) groups is 6. The van der Waals surface area contributed by atoms with Crippen LogP contribution in [0.5, 0.6) is 0 Å². The molecule has 2 saturated heterocycles. The van der Waals surface area contributed by atoms with Gasteiger partial charge in [-0.3, -0.25) is 24.0 Å². The van der Waals surface area contributed by atoms with Gasteiger partial charge in [0.05, 0.1) is 18.3 Å². The summed E-state index contributed by atoms with van der Waals surface area (Å²) in [7, 11) is 0. The molecule has 4 atom stereocenters. The van der Waals surface area contributed by atoms with Crippen molar-refractivity contribution in [3.63, 3.8) is 0 Å². The molecular formula is C42H51ClN6O7. The molecule has 2 aromatic rings. The molecule has 14 heteroatoms. The zero-order valence-corrected chi connectivity index (χ0v) is 33.2. The molecule has 1 saturated carbocycles. The molecule has 0 bridgehead atoms. The standard InChI is InChI=1S/C42H51ClN6O7/c1-5-9-30(34(51)37(53)44-27-14-15-27)45-36(52)32-22-42(21-31(47-56-42)25-10-8-11-26(43)20-25)24-49(32)38(54)35(40(2,3)4)46-39(55)48-18-16-41(17-19-48)23-33(50)28-12-6-7-13-29(28)41/h6-8,10-13,20,27,30,32,35H,5,9,14-19,21-24H2,1-4H3,(H,44,53)(H,45,52)(H,46,55)/t30-,32-,35+,42+/m0/s1. The summed E-state index contributed by atoms with van der Waals surface area (Å²) in [6.07, 6.45) is 4.41. The van der Waals surface area contributed by atoms with E-state index in [1.807, 2.05) is 58.0 Å². The largest absolute Gasteiger partial charge is 0.387 e. The van der Waals surface area contributed by atoms with Crippen LogP contribution in [0.4, 0.5) is 4.79 Å². The molecule has 56 heavy (non-hydrogen) atoms. The predicted molar refractivity (Wildman–Crippen MR) is 209 cm³/mol. The Morgan fingerprint density at radius 3 is 2.41 bits per heavy atom. The van der Waals surface area contributed by atoms with Crippen molar-refractivity contribution in [1.82, 2.24) is 25.8 Å². The van der Waals surface area contributed by atoms with Gasteiger partial charge >= 0.3 is 6.03 Å². The molecule has 3 N–H and O–H groups in total. The quantitative estimate of drug-likeness (QED) is 0.294. The van der Waals surface area contributed by atoms with E-state index in [1.54, 1.807) is 23.1 Å². The van der Waals surface area contributed by atoms with Crippen LogP contribution in [0.15, 0.2) is 53.7 Å².